The molecular formula is C34H26N4O5. The Balaban J connectivity index is 1.28. The van der Waals surface area contributed by atoms with E-state index < -0.39 is 34.8 Å². The summed E-state index contributed by atoms with van der Waals surface area (Å²) in [6.07, 6.45) is 3.15. The highest BCUT2D eigenvalue weighted by molar-refractivity contribution is 6.03. The molecule has 43 heavy (non-hydrogen) atoms. The number of anilines is 1. The number of rotatable bonds is 8. The van der Waals surface area contributed by atoms with E-state index in [2.05, 4.69) is 20.6 Å². The topological polar surface area (TPSA) is 144 Å². The maximum Gasteiger partial charge on any atom is 0.341 e. The Kier molecular flexibility index (Phi) is 7.28. The van der Waals surface area contributed by atoms with E-state index in [9.17, 15) is 24.3 Å². The third-order valence-electron chi connectivity index (χ3n) is 7.35. The van der Waals surface area contributed by atoms with E-state index in [0.717, 1.165) is 33.8 Å². The molecule has 2 aromatic heterocycles. The maximum atomic E-state index is 13.7. The molecule has 0 saturated heterocycles. The Labute approximate surface area is 245 Å². The van der Waals surface area contributed by atoms with Crippen LogP contribution in [0.1, 0.15) is 26.3 Å². The summed E-state index contributed by atoms with van der Waals surface area (Å²) in [6, 6.07) is 28.3. The van der Waals surface area contributed by atoms with E-state index in [1.807, 2.05) is 72.9 Å². The first-order valence-electron chi connectivity index (χ1n) is 13.6. The fourth-order valence-corrected chi connectivity index (χ4v) is 5.10. The van der Waals surface area contributed by atoms with Gasteiger partial charge < -0.3 is 25.7 Å². The van der Waals surface area contributed by atoms with Crippen molar-refractivity contribution in [2.75, 3.05) is 5.32 Å². The van der Waals surface area contributed by atoms with E-state index >= 15 is 0 Å². The maximum absolute atomic E-state index is 13.7. The predicted octanol–water partition coefficient (Wildman–Crippen LogP) is 5.35. The predicted molar refractivity (Wildman–Crippen MR) is 165 cm³/mol. The van der Waals surface area contributed by atoms with Crippen molar-refractivity contribution in [2.45, 2.75) is 12.5 Å². The van der Waals surface area contributed by atoms with Crippen LogP contribution in [0, 0.1) is 0 Å². The number of aromatic carboxylic acids is 1. The summed E-state index contributed by atoms with van der Waals surface area (Å²) in [5, 5.41) is 16.1. The number of aromatic nitrogens is 2. The molecule has 1 atom stereocenters. The molecule has 6 rings (SSSR count). The summed E-state index contributed by atoms with van der Waals surface area (Å²) in [5.41, 5.74) is 3.78. The molecule has 0 aliphatic rings. The molecule has 0 aliphatic heterocycles. The molecule has 212 valence electrons. The number of pyridine rings is 1. The Hall–Kier alpha value is -5.96. The third-order valence-corrected chi connectivity index (χ3v) is 7.35. The second kappa shape index (κ2) is 11.5. The van der Waals surface area contributed by atoms with Gasteiger partial charge in [-0.2, -0.15) is 0 Å². The van der Waals surface area contributed by atoms with Crippen LogP contribution in [0.5, 0.6) is 0 Å². The van der Waals surface area contributed by atoms with E-state index in [4.69, 9.17) is 0 Å². The molecule has 9 nitrogen and oxygen atoms in total. The number of carbonyl (C=O) groups is 3. The largest absolute Gasteiger partial charge is 0.477 e. The van der Waals surface area contributed by atoms with E-state index in [0.29, 0.717) is 11.1 Å². The number of para-hydroxylation sites is 1. The average Bonchev–Trinajstić information content (AvgIpc) is 3.44. The molecule has 0 aliphatic carbocycles. The molecule has 0 spiro atoms. The highest BCUT2D eigenvalue weighted by atomic mass is 16.4. The molecule has 0 fully saturated rings. The minimum absolute atomic E-state index is 0.119. The van der Waals surface area contributed by atoms with Gasteiger partial charge in [0.25, 0.3) is 5.91 Å². The zero-order valence-corrected chi connectivity index (χ0v) is 22.8. The molecule has 6 aromatic rings. The molecule has 0 radical (unpaired) electrons. The van der Waals surface area contributed by atoms with E-state index in [-0.39, 0.29) is 17.5 Å². The lowest BCUT2D eigenvalue weighted by Gasteiger charge is -2.19. The van der Waals surface area contributed by atoms with Crippen LogP contribution in [-0.4, -0.2) is 38.9 Å². The first kappa shape index (κ1) is 27.2. The third kappa shape index (κ3) is 5.64. The minimum atomic E-state index is -1.35. The molecule has 2 heterocycles. The molecular weight excluding hydrogens is 544 g/mol. The molecule has 5 N–H and O–H groups in total. The SMILES string of the molecule is O=C(N[C@@H](Cc1c[nH]c2ccccc12)C(=O)Nc1ccc2[nH]cc(C(=O)O)c(=O)c2c1)c1ccc(-c2ccccc2)cc1. The van der Waals surface area contributed by atoms with Gasteiger partial charge in [-0.1, -0.05) is 60.7 Å². The van der Waals surface area contributed by atoms with Crippen molar-refractivity contribution in [2.24, 2.45) is 0 Å². The summed E-state index contributed by atoms with van der Waals surface area (Å²) in [7, 11) is 0. The van der Waals surface area contributed by atoms with Crippen LogP contribution in [0.4, 0.5) is 5.69 Å². The molecule has 4 aromatic carbocycles. The lowest BCUT2D eigenvalue weighted by atomic mass is 10.0. The van der Waals surface area contributed by atoms with Crippen molar-refractivity contribution in [3.05, 3.63) is 136 Å². The molecule has 9 heteroatoms. The van der Waals surface area contributed by atoms with E-state index in [1.165, 1.54) is 6.07 Å². The van der Waals surface area contributed by atoms with Crippen LogP contribution in [0.2, 0.25) is 0 Å². The van der Waals surface area contributed by atoms with Crippen LogP contribution in [-0.2, 0) is 11.2 Å². The van der Waals surface area contributed by atoms with Gasteiger partial charge in [0, 0.05) is 51.9 Å². The molecule has 0 saturated carbocycles. The van der Waals surface area contributed by atoms with Crippen molar-refractivity contribution in [3.8, 4) is 11.1 Å². The van der Waals surface area contributed by atoms with Gasteiger partial charge in [0.2, 0.25) is 11.3 Å². The zero-order chi connectivity index (χ0) is 29.9. The number of hydrogen-bond acceptors (Lipinski definition) is 4. The Morgan fingerprint density at radius 1 is 0.744 bits per heavy atom. The van der Waals surface area contributed by atoms with Crippen molar-refractivity contribution < 1.29 is 19.5 Å². The minimum Gasteiger partial charge on any atom is -0.477 e. The summed E-state index contributed by atoms with van der Waals surface area (Å²) < 4.78 is 0. The smallest absolute Gasteiger partial charge is 0.341 e. The fraction of sp³-hybridized carbons (Fsp3) is 0.0588. The van der Waals surface area contributed by atoms with Crippen molar-refractivity contribution in [3.63, 3.8) is 0 Å². The summed E-state index contributed by atoms with van der Waals surface area (Å²) in [6.45, 7) is 0. The van der Waals surface area contributed by atoms with Gasteiger partial charge >= 0.3 is 5.97 Å². The van der Waals surface area contributed by atoms with Crippen LogP contribution >= 0.6 is 0 Å². The van der Waals surface area contributed by atoms with E-state index in [1.54, 1.807) is 24.3 Å². The molecule has 0 unspecified atom stereocenters. The Bertz CT molecular complexity index is 2050. The van der Waals surface area contributed by atoms with Gasteiger partial charge in [-0.05, 0) is 53.1 Å². The number of carboxylic acid groups (broad SMARTS) is 1. The van der Waals surface area contributed by atoms with Gasteiger partial charge in [0.1, 0.15) is 11.6 Å². The molecule has 0 bridgehead atoms. The lowest BCUT2D eigenvalue weighted by molar-refractivity contribution is -0.118. The number of fused-ring (bicyclic) bond motifs is 2. The quantitative estimate of drug-likeness (QED) is 0.167. The van der Waals surface area contributed by atoms with Gasteiger partial charge in [-0.15, -0.1) is 0 Å². The number of benzene rings is 4. The van der Waals surface area contributed by atoms with Crippen LogP contribution < -0.4 is 16.1 Å². The lowest BCUT2D eigenvalue weighted by Crippen LogP contribution is -2.45. The zero-order valence-electron chi connectivity index (χ0n) is 22.8. The van der Waals surface area contributed by atoms with Gasteiger partial charge in [-0.3, -0.25) is 14.4 Å². The Morgan fingerprint density at radius 2 is 1.42 bits per heavy atom. The van der Waals surface area contributed by atoms with Gasteiger partial charge in [-0.25, -0.2) is 4.79 Å². The number of carboxylic acids is 1. The number of carbonyl (C=O) groups excluding carboxylic acids is 2. The highest BCUT2D eigenvalue weighted by Crippen LogP contribution is 2.22. The van der Waals surface area contributed by atoms with Crippen molar-refractivity contribution in [1.82, 2.24) is 15.3 Å². The van der Waals surface area contributed by atoms with Gasteiger partial charge in [0.15, 0.2) is 0 Å². The van der Waals surface area contributed by atoms with Crippen LogP contribution in [0.3, 0.4) is 0 Å². The standard InChI is InChI=1S/C34H26N4O5/c39-31-26-17-24(14-15-29(26)36-19-27(31)34(42)43)37-33(41)30(16-23-18-35-28-9-5-4-8-25(23)28)38-32(40)22-12-10-21(11-13-22)20-6-2-1-3-7-20/h1-15,17-19,30,35H,16H2,(H,36,39)(H,37,41)(H,38,40)(H,42,43)/t30-/m0/s1. The summed E-state index contributed by atoms with van der Waals surface area (Å²) in [5.74, 6) is -2.26. The highest BCUT2D eigenvalue weighted by Gasteiger charge is 2.24. The van der Waals surface area contributed by atoms with Gasteiger partial charge in [0.05, 0.1) is 0 Å². The average molecular weight is 571 g/mol. The Morgan fingerprint density at radius 3 is 2.19 bits per heavy atom. The van der Waals surface area contributed by atoms with Crippen molar-refractivity contribution in [1.29, 1.82) is 0 Å². The van der Waals surface area contributed by atoms with Crippen LogP contribution in [0.25, 0.3) is 32.9 Å². The number of hydrogen-bond donors (Lipinski definition) is 5. The molecule has 2 amide bonds. The summed E-state index contributed by atoms with van der Waals surface area (Å²) in [4.78, 5) is 57.2. The monoisotopic (exact) mass is 570 g/mol. The van der Waals surface area contributed by atoms with Crippen molar-refractivity contribution >= 4 is 45.3 Å². The van der Waals surface area contributed by atoms with Crippen LogP contribution in [0.15, 0.2) is 114 Å². The number of H-pyrrole nitrogens is 2. The number of nitrogens with one attached hydrogen (secondary N) is 4. The number of aromatic amines is 2. The fourth-order valence-electron chi connectivity index (χ4n) is 5.10. The normalized spacial score (nSPS) is 11.7. The first-order chi connectivity index (χ1) is 20.9. The first-order valence-corrected chi connectivity index (χ1v) is 13.6. The second-order valence-corrected chi connectivity index (χ2v) is 10.1. The second-order valence-electron chi connectivity index (χ2n) is 10.1. The summed E-state index contributed by atoms with van der Waals surface area (Å²) >= 11 is 0. The number of amides is 2.